The minimum absolute atomic E-state index is 0.00153. The van der Waals surface area contributed by atoms with Gasteiger partial charge in [0.05, 0.1) is 6.54 Å². The van der Waals surface area contributed by atoms with Gasteiger partial charge in [-0.15, -0.1) is 0 Å². The van der Waals surface area contributed by atoms with Crippen LogP contribution in [0.2, 0.25) is 0 Å². The Bertz CT molecular complexity index is 230. The maximum Gasteiger partial charge on any atom is 0.242 e. The van der Waals surface area contributed by atoms with Crippen molar-refractivity contribution in [3.63, 3.8) is 0 Å². The summed E-state index contributed by atoms with van der Waals surface area (Å²) in [7, 11) is 0. The third-order valence-corrected chi connectivity index (χ3v) is 2.11. The van der Waals surface area contributed by atoms with Crippen LogP contribution in [0.15, 0.2) is 0 Å². The van der Waals surface area contributed by atoms with E-state index in [1.54, 1.807) is 4.90 Å². The summed E-state index contributed by atoms with van der Waals surface area (Å²) >= 11 is 0. The van der Waals surface area contributed by atoms with E-state index in [1.807, 2.05) is 20.8 Å². The first kappa shape index (κ1) is 10.0. The molecule has 0 saturated carbocycles. The van der Waals surface area contributed by atoms with Crippen LogP contribution in [-0.4, -0.2) is 35.3 Å². The van der Waals surface area contributed by atoms with Crippen LogP contribution in [0.5, 0.6) is 0 Å². The standard InChI is InChI=1S/C9H16N2O2/c1-9(2,3)11-5-4-7(12)10-6-8(11)13/h4-6H2,1-3H3,(H,10,12). The molecule has 0 spiro atoms. The van der Waals surface area contributed by atoms with Gasteiger partial charge >= 0.3 is 0 Å². The molecule has 0 atom stereocenters. The summed E-state index contributed by atoms with van der Waals surface area (Å²) in [6.45, 7) is 6.58. The fourth-order valence-corrected chi connectivity index (χ4v) is 1.41. The Balaban J connectivity index is 2.74. The maximum atomic E-state index is 11.5. The van der Waals surface area contributed by atoms with E-state index in [4.69, 9.17) is 0 Å². The third-order valence-electron chi connectivity index (χ3n) is 2.11. The van der Waals surface area contributed by atoms with Crippen molar-refractivity contribution in [3.05, 3.63) is 0 Å². The molecular weight excluding hydrogens is 168 g/mol. The van der Waals surface area contributed by atoms with Gasteiger partial charge in [0, 0.05) is 18.5 Å². The molecule has 4 heteroatoms. The Morgan fingerprint density at radius 2 is 1.92 bits per heavy atom. The van der Waals surface area contributed by atoms with Crippen LogP contribution >= 0.6 is 0 Å². The van der Waals surface area contributed by atoms with Gasteiger partial charge in [-0.25, -0.2) is 0 Å². The average molecular weight is 184 g/mol. The van der Waals surface area contributed by atoms with Gasteiger partial charge in [0.25, 0.3) is 0 Å². The number of nitrogens with one attached hydrogen (secondary N) is 1. The minimum atomic E-state index is -0.191. The highest BCUT2D eigenvalue weighted by Gasteiger charge is 2.28. The van der Waals surface area contributed by atoms with Crippen molar-refractivity contribution < 1.29 is 9.59 Å². The fourth-order valence-electron chi connectivity index (χ4n) is 1.41. The fraction of sp³-hybridized carbons (Fsp3) is 0.778. The molecule has 0 aliphatic carbocycles. The minimum Gasteiger partial charge on any atom is -0.347 e. The number of hydrogen-bond donors (Lipinski definition) is 1. The van der Waals surface area contributed by atoms with Gasteiger partial charge in [0.15, 0.2) is 0 Å². The number of hydrogen-bond acceptors (Lipinski definition) is 2. The predicted molar refractivity (Wildman–Crippen MR) is 49.1 cm³/mol. The van der Waals surface area contributed by atoms with Crippen molar-refractivity contribution in [2.24, 2.45) is 0 Å². The third kappa shape index (κ3) is 2.44. The molecule has 1 aliphatic rings. The van der Waals surface area contributed by atoms with Gasteiger partial charge < -0.3 is 10.2 Å². The molecule has 1 fully saturated rings. The second kappa shape index (κ2) is 3.36. The number of rotatable bonds is 0. The van der Waals surface area contributed by atoms with E-state index >= 15 is 0 Å². The molecule has 0 aromatic rings. The highest BCUT2D eigenvalue weighted by atomic mass is 16.2. The molecule has 1 aliphatic heterocycles. The summed E-state index contributed by atoms with van der Waals surface area (Å²) in [4.78, 5) is 24.3. The van der Waals surface area contributed by atoms with E-state index in [-0.39, 0.29) is 23.9 Å². The zero-order valence-corrected chi connectivity index (χ0v) is 8.39. The first-order valence-corrected chi connectivity index (χ1v) is 4.48. The summed E-state index contributed by atoms with van der Waals surface area (Å²) in [5, 5.41) is 2.57. The lowest BCUT2D eigenvalue weighted by Gasteiger charge is -2.34. The van der Waals surface area contributed by atoms with Crippen molar-refractivity contribution in [1.29, 1.82) is 0 Å². The topological polar surface area (TPSA) is 49.4 Å². The molecule has 1 heterocycles. The molecule has 74 valence electrons. The van der Waals surface area contributed by atoms with Gasteiger partial charge in [0.2, 0.25) is 11.8 Å². The Kier molecular flexibility index (Phi) is 2.59. The van der Waals surface area contributed by atoms with E-state index in [9.17, 15) is 9.59 Å². The van der Waals surface area contributed by atoms with E-state index in [1.165, 1.54) is 0 Å². The monoisotopic (exact) mass is 184 g/mol. The molecule has 0 bridgehead atoms. The first-order valence-electron chi connectivity index (χ1n) is 4.48. The van der Waals surface area contributed by atoms with Gasteiger partial charge in [-0.2, -0.15) is 0 Å². The molecule has 13 heavy (non-hydrogen) atoms. The number of nitrogens with zero attached hydrogens (tertiary/aromatic N) is 1. The van der Waals surface area contributed by atoms with Crippen LogP contribution < -0.4 is 5.32 Å². The van der Waals surface area contributed by atoms with Gasteiger partial charge in [0.1, 0.15) is 0 Å². The van der Waals surface area contributed by atoms with Crippen LogP contribution in [-0.2, 0) is 9.59 Å². The normalized spacial score (nSPS) is 19.8. The predicted octanol–water partition coefficient (Wildman–Crippen LogP) is 0.133. The van der Waals surface area contributed by atoms with Crippen LogP contribution in [0.25, 0.3) is 0 Å². The van der Waals surface area contributed by atoms with Crippen molar-refractivity contribution in [2.75, 3.05) is 13.1 Å². The Hall–Kier alpha value is -1.06. The van der Waals surface area contributed by atoms with E-state index in [0.717, 1.165) is 0 Å². The maximum absolute atomic E-state index is 11.5. The molecule has 0 aromatic heterocycles. The van der Waals surface area contributed by atoms with Gasteiger partial charge in [-0.1, -0.05) is 0 Å². The molecule has 1 saturated heterocycles. The van der Waals surface area contributed by atoms with Crippen LogP contribution in [0.4, 0.5) is 0 Å². The van der Waals surface area contributed by atoms with Crippen molar-refractivity contribution in [3.8, 4) is 0 Å². The lowest BCUT2D eigenvalue weighted by Crippen LogP contribution is -2.47. The molecule has 2 amide bonds. The van der Waals surface area contributed by atoms with Crippen molar-refractivity contribution >= 4 is 11.8 Å². The largest absolute Gasteiger partial charge is 0.347 e. The lowest BCUT2D eigenvalue weighted by atomic mass is 10.1. The highest BCUT2D eigenvalue weighted by Crippen LogP contribution is 2.14. The Morgan fingerprint density at radius 3 is 2.46 bits per heavy atom. The lowest BCUT2D eigenvalue weighted by molar-refractivity contribution is -0.134. The van der Waals surface area contributed by atoms with Crippen molar-refractivity contribution in [1.82, 2.24) is 10.2 Å². The molecule has 4 nitrogen and oxygen atoms in total. The summed E-state index contributed by atoms with van der Waals surface area (Å²) < 4.78 is 0. The number of carbonyl (C=O) groups is 2. The van der Waals surface area contributed by atoms with Gasteiger partial charge in [-0.3, -0.25) is 9.59 Å². The Morgan fingerprint density at radius 1 is 1.31 bits per heavy atom. The SMILES string of the molecule is CC(C)(C)N1CCC(=O)NCC1=O. The van der Waals surface area contributed by atoms with E-state index in [0.29, 0.717) is 13.0 Å². The molecule has 1 N–H and O–H groups in total. The highest BCUT2D eigenvalue weighted by molar-refractivity contribution is 5.87. The molecule has 1 rings (SSSR count). The molecule has 0 unspecified atom stereocenters. The van der Waals surface area contributed by atoms with Crippen molar-refractivity contribution in [2.45, 2.75) is 32.7 Å². The molecular formula is C9H16N2O2. The quantitative estimate of drug-likeness (QED) is 0.582. The zero-order chi connectivity index (χ0) is 10.1. The average Bonchev–Trinajstić information content (AvgIpc) is 2.12. The summed E-state index contributed by atoms with van der Waals surface area (Å²) in [6.07, 6.45) is 0.406. The smallest absolute Gasteiger partial charge is 0.242 e. The number of carbonyl (C=O) groups excluding carboxylic acids is 2. The summed E-state index contributed by atoms with van der Waals surface area (Å²) in [6, 6.07) is 0. The van der Waals surface area contributed by atoms with E-state index in [2.05, 4.69) is 5.32 Å². The molecule has 0 radical (unpaired) electrons. The second-order valence-electron chi connectivity index (χ2n) is 4.24. The first-order chi connectivity index (χ1) is 5.91. The number of amides is 2. The van der Waals surface area contributed by atoms with Crippen LogP contribution in [0.1, 0.15) is 27.2 Å². The summed E-state index contributed by atoms with van der Waals surface area (Å²) in [5.41, 5.74) is -0.191. The van der Waals surface area contributed by atoms with E-state index < -0.39 is 0 Å². The van der Waals surface area contributed by atoms with Gasteiger partial charge in [-0.05, 0) is 20.8 Å². The molecule has 0 aromatic carbocycles. The summed E-state index contributed by atoms with van der Waals surface area (Å²) in [5.74, 6) is -0.0431. The Labute approximate surface area is 78.3 Å². The van der Waals surface area contributed by atoms with Crippen LogP contribution in [0.3, 0.4) is 0 Å². The zero-order valence-electron chi connectivity index (χ0n) is 8.39. The second-order valence-corrected chi connectivity index (χ2v) is 4.24. The van der Waals surface area contributed by atoms with Crippen LogP contribution in [0, 0.1) is 0 Å².